The minimum Gasteiger partial charge on any atom is -0.444 e. The maximum atomic E-state index is 13.4. The molecular weight excluding hydrogens is 264 g/mol. The number of hydrogen-bond acceptors (Lipinski definition) is 2. The predicted molar refractivity (Wildman–Crippen MR) is 73.5 cm³/mol. The fourth-order valence-electron chi connectivity index (χ4n) is 1.64. The first kappa shape index (κ1) is 16.1. The van der Waals surface area contributed by atoms with Crippen molar-refractivity contribution < 1.29 is 18.3 Å². The van der Waals surface area contributed by atoms with Gasteiger partial charge in [0.2, 0.25) is 0 Å². The second kappa shape index (κ2) is 6.50. The summed E-state index contributed by atoms with van der Waals surface area (Å²) >= 11 is 0. The Morgan fingerprint density at radius 3 is 2.60 bits per heavy atom. The van der Waals surface area contributed by atoms with Crippen molar-refractivity contribution >= 4 is 6.09 Å². The zero-order valence-corrected chi connectivity index (χ0v) is 11.9. The molecule has 1 aromatic carbocycles. The molecule has 0 bridgehead atoms. The highest BCUT2D eigenvalue weighted by Crippen LogP contribution is 2.19. The van der Waals surface area contributed by atoms with Gasteiger partial charge in [-0.15, -0.1) is 6.58 Å². The topological polar surface area (TPSA) is 38.3 Å². The summed E-state index contributed by atoms with van der Waals surface area (Å²) in [5, 5.41) is 2.55. The lowest BCUT2D eigenvalue weighted by Crippen LogP contribution is -2.34. The van der Waals surface area contributed by atoms with E-state index in [0.29, 0.717) is 5.56 Å². The van der Waals surface area contributed by atoms with Gasteiger partial charge in [-0.3, -0.25) is 0 Å². The minimum atomic E-state index is -0.777. The van der Waals surface area contributed by atoms with Crippen LogP contribution in [-0.4, -0.2) is 11.7 Å². The van der Waals surface area contributed by atoms with Crippen LogP contribution < -0.4 is 5.32 Å². The van der Waals surface area contributed by atoms with Crippen molar-refractivity contribution in [3.63, 3.8) is 0 Å². The molecule has 1 N–H and O–H groups in total. The number of alkyl halides is 1. The van der Waals surface area contributed by atoms with Gasteiger partial charge in [-0.1, -0.05) is 12.1 Å². The average Bonchev–Trinajstić information content (AvgIpc) is 2.32. The molecule has 0 aliphatic heterocycles. The van der Waals surface area contributed by atoms with Gasteiger partial charge in [-0.2, -0.15) is 0 Å². The number of rotatable bonds is 4. The Hall–Kier alpha value is -1.91. The summed E-state index contributed by atoms with van der Waals surface area (Å²) < 4.78 is 31.1. The Morgan fingerprint density at radius 1 is 1.45 bits per heavy atom. The third-order valence-corrected chi connectivity index (χ3v) is 2.40. The molecule has 20 heavy (non-hydrogen) atoms. The lowest BCUT2D eigenvalue weighted by atomic mass is 10.0. The molecule has 0 aliphatic carbocycles. The average molecular weight is 283 g/mol. The van der Waals surface area contributed by atoms with E-state index in [2.05, 4.69) is 11.9 Å². The lowest BCUT2D eigenvalue weighted by molar-refractivity contribution is 0.0514. The molecule has 1 aromatic rings. The first-order valence-corrected chi connectivity index (χ1v) is 6.22. The highest BCUT2D eigenvalue weighted by atomic mass is 19.1. The summed E-state index contributed by atoms with van der Waals surface area (Å²) in [5.74, 6) is -0.562. The number of carbonyl (C=O) groups is 1. The third kappa shape index (κ3) is 4.99. The summed E-state index contributed by atoms with van der Waals surface area (Å²) in [6.45, 7) is 8.01. The second-order valence-corrected chi connectivity index (χ2v) is 5.39. The normalized spacial score (nSPS) is 12.7. The summed E-state index contributed by atoms with van der Waals surface area (Å²) in [7, 11) is 0. The van der Waals surface area contributed by atoms with Gasteiger partial charge in [0, 0.05) is 0 Å². The number of halogens is 2. The van der Waals surface area contributed by atoms with Crippen LogP contribution in [-0.2, 0) is 11.4 Å². The van der Waals surface area contributed by atoms with Crippen LogP contribution in [0.25, 0.3) is 0 Å². The number of carbonyl (C=O) groups excluding carboxylic acids is 1. The van der Waals surface area contributed by atoms with E-state index in [1.807, 2.05) is 0 Å². The Labute approximate surface area is 117 Å². The van der Waals surface area contributed by atoms with E-state index in [4.69, 9.17) is 4.74 Å². The van der Waals surface area contributed by atoms with E-state index < -0.39 is 30.2 Å². The van der Waals surface area contributed by atoms with Crippen molar-refractivity contribution in [2.75, 3.05) is 0 Å². The van der Waals surface area contributed by atoms with Gasteiger partial charge in [-0.05, 0) is 44.0 Å². The largest absolute Gasteiger partial charge is 0.444 e. The van der Waals surface area contributed by atoms with Crippen LogP contribution in [0.3, 0.4) is 0 Å². The molecule has 1 amide bonds. The minimum absolute atomic E-state index is 0.206. The fourth-order valence-corrected chi connectivity index (χ4v) is 1.64. The Morgan fingerprint density at radius 2 is 2.10 bits per heavy atom. The van der Waals surface area contributed by atoms with Gasteiger partial charge in [0.15, 0.2) is 0 Å². The molecule has 1 atom stereocenters. The van der Waals surface area contributed by atoms with E-state index in [1.54, 1.807) is 20.8 Å². The Balaban J connectivity index is 2.88. The number of alkyl carbamates (subject to hydrolysis) is 1. The molecule has 0 spiro atoms. The van der Waals surface area contributed by atoms with Crippen LogP contribution >= 0.6 is 0 Å². The zero-order chi connectivity index (χ0) is 15.3. The molecule has 0 aliphatic rings. The van der Waals surface area contributed by atoms with Crippen molar-refractivity contribution in [3.05, 3.63) is 47.8 Å². The van der Waals surface area contributed by atoms with E-state index in [1.165, 1.54) is 18.2 Å². The number of amides is 1. The van der Waals surface area contributed by atoms with Crippen molar-refractivity contribution in [2.24, 2.45) is 0 Å². The monoisotopic (exact) mass is 283 g/mol. The Kier molecular flexibility index (Phi) is 5.25. The van der Waals surface area contributed by atoms with Crippen molar-refractivity contribution in [1.29, 1.82) is 0 Å². The number of benzene rings is 1. The van der Waals surface area contributed by atoms with Crippen molar-refractivity contribution in [3.8, 4) is 0 Å². The van der Waals surface area contributed by atoms with Gasteiger partial charge in [-0.25, -0.2) is 13.6 Å². The maximum absolute atomic E-state index is 13.4. The van der Waals surface area contributed by atoms with Crippen LogP contribution in [0.15, 0.2) is 30.9 Å². The maximum Gasteiger partial charge on any atom is 0.408 e. The van der Waals surface area contributed by atoms with Crippen LogP contribution in [0.2, 0.25) is 0 Å². The van der Waals surface area contributed by atoms with Crippen molar-refractivity contribution in [1.82, 2.24) is 5.32 Å². The van der Waals surface area contributed by atoms with Gasteiger partial charge in [0.05, 0.1) is 6.04 Å². The summed E-state index contributed by atoms with van der Waals surface area (Å²) in [4.78, 5) is 11.7. The highest BCUT2D eigenvalue weighted by Gasteiger charge is 2.19. The molecule has 0 radical (unpaired) electrons. The number of hydrogen-bond donors (Lipinski definition) is 1. The van der Waals surface area contributed by atoms with E-state index >= 15 is 0 Å². The highest BCUT2D eigenvalue weighted by molar-refractivity contribution is 5.68. The van der Waals surface area contributed by atoms with Crippen LogP contribution in [0, 0.1) is 5.82 Å². The third-order valence-electron chi connectivity index (χ3n) is 2.40. The smallest absolute Gasteiger partial charge is 0.408 e. The van der Waals surface area contributed by atoms with Crippen LogP contribution in [0.5, 0.6) is 0 Å². The fraction of sp³-hybridized carbons (Fsp3) is 0.400. The quantitative estimate of drug-likeness (QED) is 0.847. The van der Waals surface area contributed by atoms with E-state index in [-0.39, 0.29) is 5.56 Å². The molecule has 0 unspecified atom stereocenters. The molecule has 1 rings (SSSR count). The van der Waals surface area contributed by atoms with Gasteiger partial charge in [0.1, 0.15) is 18.1 Å². The number of ether oxygens (including phenoxy) is 1. The van der Waals surface area contributed by atoms with E-state index in [0.717, 1.165) is 6.07 Å². The molecular formula is C15H19F2NO2. The van der Waals surface area contributed by atoms with E-state index in [9.17, 15) is 13.6 Å². The van der Waals surface area contributed by atoms with Gasteiger partial charge >= 0.3 is 6.09 Å². The summed E-state index contributed by atoms with van der Waals surface area (Å²) in [6, 6.07) is 3.16. The van der Waals surface area contributed by atoms with Crippen molar-refractivity contribution in [2.45, 2.75) is 39.1 Å². The lowest BCUT2D eigenvalue weighted by Gasteiger charge is -2.22. The van der Waals surface area contributed by atoms with Crippen LogP contribution in [0.4, 0.5) is 13.6 Å². The molecule has 0 aromatic heterocycles. The zero-order valence-electron chi connectivity index (χ0n) is 11.9. The molecule has 110 valence electrons. The standard InChI is InChI=1S/C15H19F2NO2/c1-5-13(18-14(19)20-15(2,3)4)11-6-10(9-16)7-12(17)8-11/h5-8,13H,1,9H2,2-4H3,(H,18,19)/t13-/m1/s1. The first-order valence-electron chi connectivity index (χ1n) is 6.22. The number of nitrogens with one attached hydrogen (secondary N) is 1. The van der Waals surface area contributed by atoms with Crippen LogP contribution in [0.1, 0.15) is 37.9 Å². The second-order valence-electron chi connectivity index (χ2n) is 5.39. The molecule has 0 fully saturated rings. The molecule has 3 nitrogen and oxygen atoms in total. The molecule has 5 heteroatoms. The summed E-state index contributed by atoms with van der Waals surface area (Å²) in [5.41, 5.74) is -0.0154. The molecule has 0 saturated carbocycles. The van der Waals surface area contributed by atoms with Gasteiger partial charge in [0.25, 0.3) is 0 Å². The van der Waals surface area contributed by atoms with Gasteiger partial charge < -0.3 is 10.1 Å². The SMILES string of the molecule is C=C[C@@H](NC(=O)OC(C)(C)C)c1cc(F)cc(CF)c1. The molecule has 0 heterocycles. The Bertz CT molecular complexity index is 495. The molecule has 0 saturated heterocycles. The first-order chi connectivity index (χ1) is 9.25. The summed E-state index contributed by atoms with van der Waals surface area (Å²) in [6.07, 6.45) is 0.786. The predicted octanol–water partition coefficient (Wildman–Crippen LogP) is 4.05.